The van der Waals surface area contributed by atoms with Gasteiger partial charge in [-0.15, -0.1) is 0 Å². The summed E-state index contributed by atoms with van der Waals surface area (Å²) in [5.74, 6) is 0. The van der Waals surface area contributed by atoms with Gasteiger partial charge in [0, 0.05) is 12.6 Å². The highest BCUT2D eigenvalue weighted by Crippen LogP contribution is 2.20. The lowest BCUT2D eigenvalue weighted by Crippen LogP contribution is -2.40. The number of amides is 1. The van der Waals surface area contributed by atoms with Crippen LogP contribution in [-0.4, -0.2) is 22.9 Å². The van der Waals surface area contributed by atoms with Crippen molar-refractivity contribution in [3.63, 3.8) is 0 Å². The van der Waals surface area contributed by atoms with Gasteiger partial charge in [0.25, 0.3) is 0 Å². The van der Waals surface area contributed by atoms with Crippen LogP contribution in [0.5, 0.6) is 0 Å². The number of likely N-dealkylation sites (tertiary alicyclic amines) is 1. The first kappa shape index (κ1) is 8.85. The molecular formula is C8H14ClNO. The smallest absolute Gasteiger partial charge is 0.316 e. The summed E-state index contributed by atoms with van der Waals surface area (Å²) in [6, 6.07) is 0.397. The van der Waals surface area contributed by atoms with Gasteiger partial charge in [0.2, 0.25) is 0 Å². The van der Waals surface area contributed by atoms with Gasteiger partial charge < -0.3 is 4.90 Å². The van der Waals surface area contributed by atoms with E-state index in [1.54, 1.807) is 4.90 Å². The first-order valence-corrected chi connectivity index (χ1v) is 4.59. The van der Waals surface area contributed by atoms with Crippen molar-refractivity contribution in [2.75, 3.05) is 6.54 Å². The van der Waals surface area contributed by atoms with Crippen LogP contribution in [0.2, 0.25) is 0 Å². The van der Waals surface area contributed by atoms with E-state index in [0.29, 0.717) is 6.04 Å². The Bertz CT molecular complexity index is 149. The standard InChI is InChI=1S/C8H14ClNO/c1-2-7-5-3-4-6-10(7)8(9)11/h7H,2-6H2,1H3. The number of hydrogen-bond donors (Lipinski definition) is 0. The Balaban J connectivity index is 2.51. The molecule has 11 heavy (non-hydrogen) atoms. The van der Waals surface area contributed by atoms with E-state index in [9.17, 15) is 4.79 Å². The molecule has 2 nitrogen and oxygen atoms in total. The van der Waals surface area contributed by atoms with Crippen molar-refractivity contribution < 1.29 is 4.79 Å². The van der Waals surface area contributed by atoms with Gasteiger partial charge >= 0.3 is 5.37 Å². The van der Waals surface area contributed by atoms with Gasteiger partial charge in [-0.25, -0.2) is 0 Å². The molecule has 0 bridgehead atoms. The minimum atomic E-state index is -0.281. The van der Waals surface area contributed by atoms with E-state index in [1.807, 2.05) is 0 Å². The zero-order valence-corrected chi connectivity index (χ0v) is 7.60. The first-order chi connectivity index (χ1) is 5.25. The predicted molar refractivity (Wildman–Crippen MR) is 45.9 cm³/mol. The summed E-state index contributed by atoms with van der Waals surface area (Å²) in [4.78, 5) is 12.6. The van der Waals surface area contributed by atoms with E-state index in [1.165, 1.54) is 6.42 Å². The average molecular weight is 176 g/mol. The number of rotatable bonds is 1. The molecule has 0 radical (unpaired) electrons. The Labute approximate surface area is 72.5 Å². The second kappa shape index (κ2) is 3.96. The maximum atomic E-state index is 10.9. The molecule has 1 amide bonds. The molecule has 1 fully saturated rings. The van der Waals surface area contributed by atoms with Gasteiger partial charge in [0.05, 0.1) is 0 Å². The van der Waals surface area contributed by atoms with Gasteiger partial charge in [0.15, 0.2) is 0 Å². The van der Waals surface area contributed by atoms with Crippen LogP contribution < -0.4 is 0 Å². The average Bonchev–Trinajstić information content (AvgIpc) is 2.04. The predicted octanol–water partition coefficient (Wildman–Crippen LogP) is 2.61. The second-order valence-electron chi connectivity index (χ2n) is 3.00. The molecule has 0 aromatic rings. The molecule has 0 N–H and O–H groups in total. The Morgan fingerprint density at radius 2 is 2.36 bits per heavy atom. The fourth-order valence-electron chi connectivity index (χ4n) is 1.66. The van der Waals surface area contributed by atoms with Gasteiger partial charge in [0.1, 0.15) is 0 Å². The molecule has 1 rings (SSSR count). The lowest BCUT2D eigenvalue weighted by Gasteiger charge is -2.33. The molecule has 0 aliphatic carbocycles. The van der Waals surface area contributed by atoms with Crippen molar-refractivity contribution in [3.05, 3.63) is 0 Å². The van der Waals surface area contributed by atoms with Crippen molar-refractivity contribution in [1.82, 2.24) is 4.90 Å². The molecule has 3 heteroatoms. The van der Waals surface area contributed by atoms with Crippen LogP contribution in [0.1, 0.15) is 32.6 Å². The zero-order chi connectivity index (χ0) is 8.27. The molecule has 0 saturated carbocycles. The highest BCUT2D eigenvalue weighted by Gasteiger charge is 2.23. The third kappa shape index (κ3) is 2.09. The Hall–Kier alpha value is -0.240. The van der Waals surface area contributed by atoms with Crippen LogP contribution in [0.15, 0.2) is 0 Å². The summed E-state index contributed by atoms with van der Waals surface area (Å²) >= 11 is 5.42. The van der Waals surface area contributed by atoms with Crippen molar-refractivity contribution in [2.24, 2.45) is 0 Å². The van der Waals surface area contributed by atoms with Gasteiger partial charge in [-0.2, -0.15) is 0 Å². The third-order valence-corrected chi connectivity index (χ3v) is 2.54. The van der Waals surface area contributed by atoms with Crippen molar-refractivity contribution in [2.45, 2.75) is 38.6 Å². The van der Waals surface area contributed by atoms with E-state index >= 15 is 0 Å². The molecule has 1 unspecified atom stereocenters. The van der Waals surface area contributed by atoms with E-state index in [2.05, 4.69) is 6.92 Å². The molecular weight excluding hydrogens is 162 g/mol. The summed E-state index contributed by atoms with van der Waals surface area (Å²) in [5, 5.41) is -0.281. The zero-order valence-electron chi connectivity index (χ0n) is 6.85. The number of carbonyl (C=O) groups excluding carboxylic acids is 1. The fourth-order valence-corrected chi connectivity index (χ4v) is 1.88. The number of nitrogens with zero attached hydrogens (tertiary/aromatic N) is 1. The molecule has 1 heterocycles. The van der Waals surface area contributed by atoms with Crippen LogP contribution in [-0.2, 0) is 0 Å². The fraction of sp³-hybridized carbons (Fsp3) is 0.875. The first-order valence-electron chi connectivity index (χ1n) is 4.21. The summed E-state index contributed by atoms with van der Waals surface area (Å²) < 4.78 is 0. The van der Waals surface area contributed by atoms with Crippen LogP contribution in [0, 0.1) is 0 Å². The van der Waals surface area contributed by atoms with E-state index in [-0.39, 0.29) is 5.37 Å². The molecule has 0 aromatic carbocycles. The maximum absolute atomic E-state index is 10.9. The lowest BCUT2D eigenvalue weighted by molar-refractivity contribution is 0.169. The number of carbonyl (C=O) groups is 1. The topological polar surface area (TPSA) is 20.3 Å². The van der Waals surface area contributed by atoms with Gasteiger partial charge in [-0.3, -0.25) is 4.79 Å². The molecule has 1 atom stereocenters. The largest absolute Gasteiger partial charge is 0.326 e. The van der Waals surface area contributed by atoms with Crippen LogP contribution in [0.3, 0.4) is 0 Å². The minimum absolute atomic E-state index is 0.281. The van der Waals surface area contributed by atoms with Crippen molar-refractivity contribution in [3.8, 4) is 0 Å². The molecule has 0 aromatic heterocycles. The van der Waals surface area contributed by atoms with Crippen molar-refractivity contribution >= 4 is 17.0 Å². The second-order valence-corrected chi connectivity index (χ2v) is 3.33. The van der Waals surface area contributed by atoms with E-state index in [0.717, 1.165) is 25.8 Å². The normalized spacial score (nSPS) is 25.3. The molecule has 0 spiro atoms. The SMILES string of the molecule is CCC1CCCCN1C(=O)Cl. The van der Waals surface area contributed by atoms with Gasteiger partial charge in [-0.05, 0) is 37.3 Å². The van der Waals surface area contributed by atoms with Crippen LogP contribution >= 0.6 is 11.6 Å². The third-order valence-electron chi connectivity index (χ3n) is 2.32. The molecule has 1 aliphatic heterocycles. The minimum Gasteiger partial charge on any atom is -0.326 e. The van der Waals surface area contributed by atoms with Gasteiger partial charge in [-0.1, -0.05) is 6.92 Å². The van der Waals surface area contributed by atoms with E-state index < -0.39 is 0 Å². The molecule has 1 saturated heterocycles. The molecule has 1 aliphatic rings. The number of piperidine rings is 1. The summed E-state index contributed by atoms with van der Waals surface area (Å²) in [5.41, 5.74) is 0. The molecule has 64 valence electrons. The monoisotopic (exact) mass is 175 g/mol. The Morgan fingerprint density at radius 3 is 2.82 bits per heavy atom. The number of hydrogen-bond acceptors (Lipinski definition) is 1. The highest BCUT2D eigenvalue weighted by atomic mass is 35.5. The van der Waals surface area contributed by atoms with Crippen LogP contribution in [0.25, 0.3) is 0 Å². The highest BCUT2D eigenvalue weighted by molar-refractivity contribution is 6.62. The lowest BCUT2D eigenvalue weighted by atomic mass is 10.0. The number of halogens is 1. The Morgan fingerprint density at radius 1 is 1.64 bits per heavy atom. The summed E-state index contributed by atoms with van der Waals surface area (Å²) in [6.45, 7) is 2.95. The van der Waals surface area contributed by atoms with Crippen LogP contribution in [0.4, 0.5) is 4.79 Å². The maximum Gasteiger partial charge on any atom is 0.316 e. The summed E-state index contributed by atoms with van der Waals surface area (Å²) in [6.07, 6.45) is 4.49. The summed E-state index contributed by atoms with van der Waals surface area (Å²) in [7, 11) is 0. The van der Waals surface area contributed by atoms with E-state index in [4.69, 9.17) is 11.6 Å². The Kier molecular flexibility index (Phi) is 3.18. The quantitative estimate of drug-likeness (QED) is 0.443. The van der Waals surface area contributed by atoms with Crippen molar-refractivity contribution in [1.29, 1.82) is 0 Å².